The molecule has 2 heterocycles. The van der Waals surface area contributed by atoms with E-state index in [2.05, 4.69) is 30.7 Å². The van der Waals surface area contributed by atoms with Crippen LogP contribution in [-0.4, -0.2) is 41.1 Å². The van der Waals surface area contributed by atoms with E-state index in [1.165, 1.54) is 6.42 Å². The van der Waals surface area contributed by atoms with Crippen LogP contribution in [-0.2, 0) is 6.54 Å². The first-order chi connectivity index (χ1) is 10.1. The van der Waals surface area contributed by atoms with E-state index in [-0.39, 0.29) is 5.91 Å². The van der Waals surface area contributed by atoms with Crippen LogP contribution >= 0.6 is 0 Å². The van der Waals surface area contributed by atoms with Crippen LogP contribution in [0.3, 0.4) is 0 Å². The van der Waals surface area contributed by atoms with Crippen LogP contribution in [0, 0.1) is 5.92 Å². The van der Waals surface area contributed by atoms with E-state index in [4.69, 9.17) is 0 Å². The van der Waals surface area contributed by atoms with Crippen molar-refractivity contribution in [2.75, 3.05) is 19.6 Å². The molecule has 118 valence electrons. The fourth-order valence-electron chi connectivity index (χ4n) is 3.02. The highest BCUT2D eigenvalue weighted by atomic mass is 16.2. The third kappa shape index (κ3) is 4.34. The smallest absolute Gasteiger partial charge is 0.270 e. The van der Waals surface area contributed by atoms with E-state index in [9.17, 15) is 4.79 Å². The van der Waals surface area contributed by atoms with Crippen molar-refractivity contribution in [2.24, 2.45) is 5.92 Å². The molecular formula is C17H29N3O. The first-order valence-electron chi connectivity index (χ1n) is 8.29. The number of carbonyl (C=O) groups excluding carboxylic acids is 1. The Kier molecular flexibility index (Phi) is 5.85. The zero-order valence-corrected chi connectivity index (χ0v) is 13.6. The fraction of sp³-hybridized carbons (Fsp3) is 0.706. The van der Waals surface area contributed by atoms with Gasteiger partial charge in [0.1, 0.15) is 5.69 Å². The maximum Gasteiger partial charge on any atom is 0.270 e. The number of amides is 1. The number of nitrogens with zero attached hydrogens (tertiary/aromatic N) is 2. The average molecular weight is 291 g/mol. The number of aromatic nitrogens is 1. The fourth-order valence-corrected chi connectivity index (χ4v) is 3.02. The topological polar surface area (TPSA) is 37.3 Å². The van der Waals surface area contributed by atoms with Gasteiger partial charge in [-0.3, -0.25) is 4.79 Å². The molecule has 1 atom stereocenters. The van der Waals surface area contributed by atoms with Crippen molar-refractivity contribution in [3.8, 4) is 0 Å². The number of piperidine rings is 1. The molecule has 0 aromatic carbocycles. The number of likely N-dealkylation sites (tertiary alicyclic amines) is 1. The van der Waals surface area contributed by atoms with Crippen molar-refractivity contribution in [2.45, 2.75) is 52.6 Å². The second-order valence-corrected chi connectivity index (χ2v) is 6.41. The maximum absolute atomic E-state index is 12.7. The minimum Gasteiger partial charge on any atom is -0.344 e. The van der Waals surface area contributed by atoms with E-state index in [0.717, 1.165) is 44.7 Å². The van der Waals surface area contributed by atoms with E-state index >= 15 is 0 Å². The number of carbonyl (C=O) groups is 1. The maximum atomic E-state index is 12.7. The lowest BCUT2D eigenvalue weighted by Gasteiger charge is -2.33. The normalized spacial score (nSPS) is 19.2. The van der Waals surface area contributed by atoms with Gasteiger partial charge in [0.05, 0.1) is 0 Å². The molecule has 1 unspecified atom stereocenters. The summed E-state index contributed by atoms with van der Waals surface area (Å²) in [5, 5.41) is 3.50. The van der Waals surface area contributed by atoms with E-state index in [1.807, 2.05) is 23.2 Å². The molecular weight excluding hydrogens is 262 g/mol. The lowest BCUT2D eigenvalue weighted by Crippen LogP contribution is -2.44. The molecule has 1 aromatic rings. The molecule has 1 saturated heterocycles. The van der Waals surface area contributed by atoms with Crippen LogP contribution in [0.5, 0.6) is 0 Å². The molecule has 1 aliphatic heterocycles. The quantitative estimate of drug-likeness (QED) is 0.875. The summed E-state index contributed by atoms with van der Waals surface area (Å²) in [4.78, 5) is 14.8. The van der Waals surface area contributed by atoms with Crippen LogP contribution in [0.25, 0.3) is 0 Å². The van der Waals surface area contributed by atoms with Gasteiger partial charge >= 0.3 is 0 Å². The van der Waals surface area contributed by atoms with Gasteiger partial charge in [0, 0.05) is 31.9 Å². The van der Waals surface area contributed by atoms with Crippen LogP contribution in [0.2, 0.25) is 0 Å². The summed E-state index contributed by atoms with van der Waals surface area (Å²) in [5.74, 6) is 0.780. The number of rotatable bonds is 6. The third-order valence-electron chi connectivity index (χ3n) is 4.13. The van der Waals surface area contributed by atoms with Gasteiger partial charge in [0.15, 0.2) is 0 Å². The Balaban J connectivity index is 1.96. The van der Waals surface area contributed by atoms with E-state index < -0.39 is 0 Å². The van der Waals surface area contributed by atoms with Crippen molar-refractivity contribution in [3.63, 3.8) is 0 Å². The summed E-state index contributed by atoms with van der Waals surface area (Å²) in [7, 11) is 0. The molecule has 0 radical (unpaired) electrons. The minimum atomic E-state index is 0.197. The van der Waals surface area contributed by atoms with Crippen LogP contribution < -0.4 is 5.32 Å². The Morgan fingerprint density at radius 1 is 1.48 bits per heavy atom. The van der Waals surface area contributed by atoms with Crippen LogP contribution in [0.15, 0.2) is 18.3 Å². The summed E-state index contributed by atoms with van der Waals surface area (Å²) in [5.41, 5.74) is 0.842. The van der Waals surface area contributed by atoms with Gasteiger partial charge in [-0.1, -0.05) is 20.8 Å². The van der Waals surface area contributed by atoms with Crippen molar-refractivity contribution in [1.82, 2.24) is 14.8 Å². The van der Waals surface area contributed by atoms with Crippen LogP contribution in [0.1, 0.15) is 50.5 Å². The molecule has 1 N–H and O–H groups in total. The highest BCUT2D eigenvalue weighted by Gasteiger charge is 2.25. The summed E-state index contributed by atoms with van der Waals surface area (Å²) >= 11 is 0. The summed E-state index contributed by atoms with van der Waals surface area (Å²) < 4.78 is 2.08. The van der Waals surface area contributed by atoms with E-state index in [0.29, 0.717) is 12.0 Å². The number of aryl methyl sites for hydroxylation is 1. The number of nitrogens with one attached hydrogen (secondary N) is 1. The molecule has 0 aliphatic carbocycles. The van der Waals surface area contributed by atoms with Gasteiger partial charge in [-0.05, 0) is 43.9 Å². The molecule has 1 aromatic heterocycles. The highest BCUT2D eigenvalue weighted by molar-refractivity contribution is 5.92. The molecule has 4 nitrogen and oxygen atoms in total. The van der Waals surface area contributed by atoms with Gasteiger partial charge < -0.3 is 14.8 Å². The predicted molar refractivity (Wildman–Crippen MR) is 86.5 cm³/mol. The molecule has 1 amide bonds. The average Bonchev–Trinajstić information content (AvgIpc) is 2.93. The SMILES string of the molecule is CCCn1cccc1C(=O)N1CCCC(CNC(C)C)C1. The van der Waals surface area contributed by atoms with Crippen LogP contribution in [0.4, 0.5) is 0 Å². The molecule has 0 bridgehead atoms. The minimum absolute atomic E-state index is 0.197. The Bertz CT molecular complexity index is 453. The Morgan fingerprint density at radius 3 is 3.00 bits per heavy atom. The lowest BCUT2D eigenvalue weighted by atomic mass is 9.97. The summed E-state index contributed by atoms with van der Waals surface area (Å²) in [6, 6.07) is 4.44. The molecule has 0 spiro atoms. The van der Waals surface area contributed by atoms with Gasteiger partial charge in [0.25, 0.3) is 5.91 Å². The van der Waals surface area contributed by atoms with Crippen molar-refractivity contribution < 1.29 is 4.79 Å². The number of hydrogen-bond acceptors (Lipinski definition) is 2. The molecule has 1 aliphatic rings. The first-order valence-corrected chi connectivity index (χ1v) is 8.29. The second-order valence-electron chi connectivity index (χ2n) is 6.41. The molecule has 0 saturated carbocycles. The zero-order valence-electron chi connectivity index (χ0n) is 13.6. The van der Waals surface area contributed by atoms with Gasteiger partial charge in [-0.25, -0.2) is 0 Å². The Labute approximate surface area is 128 Å². The molecule has 2 rings (SSSR count). The second kappa shape index (κ2) is 7.64. The van der Waals surface area contributed by atoms with Gasteiger partial charge in [-0.15, -0.1) is 0 Å². The van der Waals surface area contributed by atoms with Crippen molar-refractivity contribution in [3.05, 3.63) is 24.0 Å². The monoisotopic (exact) mass is 291 g/mol. The third-order valence-corrected chi connectivity index (χ3v) is 4.13. The first kappa shape index (κ1) is 16.1. The Hall–Kier alpha value is -1.29. The predicted octanol–water partition coefficient (Wildman–Crippen LogP) is 2.75. The summed E-state index contributed by atoms with van der Waals surface area (Å²) in [6.07, 6.45) is 5.40. The largest absolute Gasteiger partial charge is 0.344 e. The Morgan fingerprint density at radius 2 is 2.29 bits per heavy atom. The standard InChI is InChI=1S/C17H29N3O/c1-4-9-19-10-6-8-16(19)17(21)20-11-5-7-15(13-20)12-18-14(2)3/h6,8,10,14-15,18H,4-5,7,9,11-13H2,1-3H3. The van der Waals surface area contributed by atoms with Gasteiger partial charge in [0.2, 0.25) is 0 Å². The lowest BCUT2D eigenvalue weighted by molar-refractivity contribution is 0.0661. The molecule has 1 fully saturated rings. The summed E-state index contributed by atoms with van der Waals surface area (Å²) in [6.45, 7) is 10.2. The zero-order chi connectivity index (χ0) is 15.2. The highest BCUT2D eigenvalue weighted by Crippen LogP contribution is 2.18. The van der Waals surface area contributed by atoms with E-state index in [1.54, 1.807) is 0 Å². The number of hydrogen-bond donors (Lipinski definition) is 1. The van der Waals surface area contributed by atoms with Crippen molar-refractivity contribution >= 4 is 5.91 Å². The molecule has 21 heavy (non-hydrogen) atoms. The molecule has 4 heteroatoms. The van der Waals surface area contributed by atoms with Gasteiger partial charge in [-0.2, -0.15) is 0 Å². The van der Waals surface area contributed by atoms with Crippen molar-refractivity contribution in [1.29, 1.82) is 0 Å².